The van der Waals surface area contributed by atoms with Gasteiger partial charge in [0.25, 0.3) is 0 Å². The van der Waals surface area contributed by atoms with E-state index in [1.54, 1.807) is 11.3 Å². The minimum atomic E-state index is -0.183. The zero-order chi connectivity index (χ0) is 14.8. The fourth-order valence-electron chi connectivity index (χ4n) is 2.53. The van der Waals surface area contributed by atoms with E-state index in [4.69, 9.17) is 10.5 Å². The molecule has 4 heteroatoms. The average molecular weight is 291 g/mol. The van der Waals surface area contributed by atoms with Crippen molar-refractivity contribution in [2.75, 3.05) is 7.11 Å². The van der Waals surface area contributed by atoms with Gasteiger partial charge in [-0.05, 0) is 34.2 Å². The van der Waals surface area contributed by atoms with Crippen molar-refractivity contribution >= 4 is 27.4 Å². The van der Waals surface area contributed by atoms with Gasteiger partial charge >= 0.3 is 5.97 Å². The third kappa shape index (κ3) is 3.38. The van der Waals surface area contributed by atoms with E-state index in [0.29, 0.717) is 6.42 Å². The smallest absolute Gasteiger partial charge is 0.306 e. The van der Waals surface area contributed by atoms with Gasteiger partial charge in [0.15, 0.2) is 0 Å². The highest BCUT2D eigenvalue weighted by Crippen LogP contribution is 2.36. The van der Waals surface area contributed by atoms with Crippen molar-refractivity contribution in [3.05, 3.63) is 35.2 Å². The highest BCUT2D eigenvalue weighted by atomic mass is 32.1. The molecule has 2 rings (SSSR count). The number of hydrogen-bond donors (Lipinski definition) is 1. The number of esters is 1. The first-order chi connectivity index (χ1) is 9.43. The molecule has 1 heterocycles. The number of hydrogen-bond acceptors (Lipinski definition) is 4. The first kappa shape index (κ1) is 15.0. The Kier molecular flexibility index (Phi) is 4.45. The maximum Gasteiger partial charge on any atom is 0.306 e. The third-order valence-corrected chi connectivity index (χ3v) is 4.52. The van der Waals surface area contributed by atoms with Crippen LogP contribution in [0.5, 0.6) is 0 Å². The molecule has 0 amide bonds. The first-order valence-electron chi connectivity index (χ1n) is 6.71. The van der Waals surface area contributed by atoms with Gasteiger partial charge in [-0.25, -0.2) is 0 Å². The lowest BCUT2D eigenvalue weighted by atomic mass is 9.81. The fourth-order valence-corrected chi connectivity index (χ4v) is 3.55. The fraction of sp³-hybridized carbons (Fsp3) is 0.438. The van der Waals surface area contributed by atoms with Gasteiger partial charge < -0.3 is 10.5 Å². The Labute approximate surface area is 123 Å². The second kappa shape index (κ2) is 5.94. The Bertz CT molecular complexity index is 603. The van der Waals surface area contributed by atoms with Crippen molar-refractivity contribution < 1.29 is 9.53 Å². The lowest BCUT2D eigenvalue weighted by molar-refractivity contribution is -0.143. The molecule has 20 heavy (non-hydrogen) atoms. The van der Waals surface area contributed by atoms with Crippen LogP contribution in [0, 0.1) is 5.41 Å². The zero-order valence-corrected chi connectivity index (χ0v) is 13.0. The van der Waals surface area contributed by atoms with E-state index in [0.717, 1.165) is 6.42 Å². The summed E-state index contributed by atoms with van der Waals surface area (Å²) in [6.07, 6.45) is 1.14. The predicted molar refractivity (Wildman–Crippen MR) is 83.8 cm³/mol. The van der Waals surface area contributed by atoms with E-state index >= 15 is 0 Å². The lowest BCUT2D eigenvalue weighted by Crippen LogP contribution is -2.24. The topological polar surface area (TPSA) is 52.3 Å². The molecule has 0 aliphatic heterocycles. The van der Waals surface area contributed by atoms with Gasteiger partial charge in [-0.2, -0.15) is 0 Å². The van der Waals surface area contributed by atoms with Crippen LogP contribution in [0.1, 0.15) is 38.3 Å². The molecule has 0 saturated heterocycles. The summed E-state index contributed by atoms with van der Waals surface area (Å²) in [5, 5.41) is 3.35. The van der Waals surface area contributed by atoms with Crippen molar-refractivity contribution in [3.63, 3.8) is 0 Å². The van der Waals surface area contributed by atoms with Crippen LogP contribution in [0.3, 0.4) is 0 Å². The van der Waals surface area contributed by atoms with Crippen LogP contribution < -0.4 is 5.73 Å². The van der Waals surface area contributed by atoms with Crippen LogP contribution in [0.2, 0.25) is 0 Å². The molecule has 3 nitrogen and oxygen atoms in total. The van der Waals surface area contributed by atoms with Crippen LogP contribution in [-0.4, -0.2) is 13.1 Å². The Morgan fingerprint density at radius 1 is 1.40 bits per heavy atom. The van der Waals surface area contributed by atoms with Crippen LogP contribution >= 0.6 is 11.3 Å². The number of nitrogens with two attached hydrogens (primary N) is 1. The summed E-state index contributed by atoms with van der Waals surface area (Å²) < 4.78 is 6.00. The maximum absolute atomic E-state index is 11.4. The maximum atomic E-state index is 11.4. The van der Waals surface area contributed by atoms with Gasteiger partial charge in [-0.3, -0.25) is 4.79 Å². The number of carbonyl (C=O) groups excluding carboxylic acids is 1. The standard InChI is InChI=1S/C16H21NO2S/c1-16(2,9-15(18)19-3)8-13(17)12-10-20-14-7-5-4-6-11(12)14/h4-7,10,13H,8-9,17H2,1-3H3. The monoisotopic (exact) mass is 291 g/mol. The summed E-state index contributed by atoms with van der Waals surface area (Å²) in [5.41, 5.74) is 7.36. The summed E-state index contributed by atoms with van der Waals surface area (Å²) in [6, 6.07) is 8.22. The van der Waals surface area contributed by atoms with Crippen molar-refractivity contribution in [3.8, 4) is 0 Å². The molecule has 2 N–H and O–H groups in total. The van der Waals surface area contributed by atoms with E-state index in [1.165, 1.54) is 22.8 Å². The van der Waals surface area contributed by atoms with Crippen molar-refractivity contribution in [2.45, 2.75) is 32.7 Å². The highest BCUT2D eigenvalue weighted by molar-refractivity contribution is 7.17. The van der Waals surface area contributed by atoms with Crippen molar-refractivity contribution in [1.29, 1.82) is 0 Å². The number of ether oxygens (including phenoxy) is 1. The molecule has 0 radical (unpaired) electrons. The predicted octanol–water partition coefficient (Wildman–Crippen LogP) is 3.88. The summed E-state index contributed by atoms with van der Waals surface area (Å²) in [5.74, 6) is -0.183. The van der Waals surface area contributed by atoms with E-state index in [-0.39, 0.29) is 17.4 Å². The van der Waals surface area contributed by atoms with Gasteiger partial charge in [0.1, 0.15) is 0 Å². The molecule has 0 spiro atoms. The largest absolute Gasteiger partial charge is 0.469 e. The van der Waals surface area contributed by atoms with E-state index in [9.17, 15) is 4.79 Å². The van der Waals surface area contributed by atoms with Gasteiger partial charge in [0.2, 0.25) is 0 Å². The van der Waals surface area contributed by atoms with Gasteiger partial charge in [-0.1, -0.05) is 32.0 Å². The first-order valence-corrected chi connectivity index (χ1v) is 7.59. The number of fused-ring (bicyclic) bond motifs is 1. The minimum Gasteiger partial charge on any atom is -0.469 e. The summed E-state index contributed by atoms with van der Waals surface area (Å²) in [6.45, 7) is 4.11. The Morgan fingerprint density at radius 2 is 2.10 bits per heavy atom. The normalized spacial score (nSPS) is 13.4. The second-order valence-corrected chi connectivity index (χ2v) is 6.83. The summed E-state index contributed by atoms with van der Waals surface area (Å²) in [7, 11) is 1.42. The van der Waals surface area contributed by atoms with E-state index < -0.39 is 0 Å². The third-order valence-electron chi connectivity index (χ3n) is 3.53. The molecule has 2 aromatic rings. The molecular formula is C16H21NO2S. The van der Waals surface area contributed by atoms with Gasteiger partial charge in [0, 0.05) is 10.7 Å². The quantitative estimate of drug-likeness (QED) is 0.850. The molecule has 0 bridgehead atoms. The van der Waals surface area contributed by atoms with Crippen LogP contribution in [0.4, 0.5) is 0 Å². The van der Waals surface area contributed by atoms with E-state index in [1.807, 2.05) is 12.1 Å². The number of carbonyl (C=O) groups is 1. The Morgan fingerprint density at radius 3 is 2.80 bits per heavy atom. The molecular weight excluding hydrogens is 270 g/mol. The molecule has 1 unspecified atom stereocenters. The SMILES string of the molecule is COC(=O)CC(C)(C)CC(N)c1csc2ccccc12. The second-order valence-electron chi connectivity index (χ2n) is 5.91. The number of methoxy groups -OCH3 is 1. The highest BCUT2D eigenvalue weighted by Gasteiger charge is 2.26. The number of rotatable bonds is 5. The number of thiophene rings is 1. The zero-order valence-electron chi connectivity index (χ0n) is 12.2. The lowest BCUT2D eigenvalue weighted by Gasteiger charge is -2.26. The molecule has 108 valence electrons. The van der Waals surface area contributed by atoms with Crippen molar-refractivity contribution in [2.24, 2.45) is 11.1 Å². The Hall–Kier alpha value is -1.39. The molecule has 0 aliphatic carbocycles. The Balaban J connectivity index is 2.15. The molecule has 0 fully saturated rings. The minimum absolute atomic E-state index is 0.0641. The van der Waals surface area contributed by atoms with Gasteiger partial charge in [-0.15, -0.1) is 11.3 Å². The summed E-state index contributed by atoms with van der Waals surface area (Å²) >= 11 is 1.72. The molecule has 1 aromatic heterocycles. The average Bonchev–Trinajstić information content (AvgIpc) is 2.81. The number of benzene rings is 1. The van der Waals surface area contributed by atoms with E-state index in [2.05, 4.69) is 31.4 Å². The molecule has 1 aromatic carbocycles. The van der Waals surface area contributed by atoms with Gasteiger partial charge in [0.05, 0.1) is 13.5 Å². The van der Waals surface area contributed by atoms with Crippen LogP contribution in [0.25, 0.3) is 10.1 Å². The summed E-state index contributed by atoms with van der Waals surface area (Å²) in [4.78, 5) is 11.4. The molecule has 0 saturated carbocycles. The molecule has 1 atom stereocenters. The van der Waals surface area contributed by atoms with Crippen molar-refractivity contribution in [1.82, 2.24) is 0 Å². The van der Waals surface area contributed by atoms with Crippen LogP contribution in [0.15, 0.2) is 29.6 Å². The van der Waals surface area contributed by atoms with Crippen LogP contribution in [-0.2, 0) is 9.53 Å². The molecule has 0 aliphatic rings.